The molecule has 230 valence electrons. The number of rotatable bonds is 5. The number of aromatic nitrogens is 1. The highest BCUT2D eigenvalue weighted by Crippen LogP contribution is 2.46. The van der Waals surface area contributed by atoms with Crippen molar-refractivity contribution >= 4 is 81.1 Å². The number of hydrogen-bond donors (Lipinski definition) is 0. The molecule has 0 unspecified atom stereocenters. The summed E-state index contributed by atoms with van der Waals surface area (Å²) in [7, 11) is 0. The second-order valence-corrected chi connectivity index (χ2v) is 13.6. The molecule has 0 radical (unpaired) electrons. The lowest BCUT2D eigenvalue weighted by Gasteiger charge is -2.26. The van der Waals surface area contributed by atoms with Gasteiger partial charge >= 0.3 is 0 Å². The third-order valence-electron chi connectivity index (χ3n) is 9.73. The lowest BCUT2D eigenvalue weighted by molar-refractivity contribution is 1.18. The molecule has 0 aliphatic carbocycles. The van der Waals surface area contributed by atoms with Crippen LogP contribution in [0.5, 0.6) is 0 Å². The zero-order valence-electron chi connectivity index (χ0n) is 26.6. The Bertz CT molecular complexity index is 2810. The van der Waals surface area contributed by atoms with Crippen LogP contribution < -0.4 is 4.90 Å². The predicted molar refractivity (Wildman–Crippen MR) is 211 cm³/mol. The number of para-hydroxylation sites is 2. The summed E-state index contributed by atoms with van der Waals surface area (Å²) in [5.74, 6) is 0. The Balaban J connectivity index is 1.30. The Morgan fingerprint density at radius 3 is 1.88 bits per heavy atom. The number of nitrogens with zero attached hydrogens (tertiary/aromatic N) is 2. The summed E-state index contributed by atoms with van der Waals surface area (Å²) in [6.07, 6.45) is 0. The van der Waals surface area contributed by atoms with Crippen molar-refractivity contribution in [3.63, 3.8) is 0 Å². The largest absolute Gasteiger partial charge is 0.310 e. The van der Waals surface area contributed by atoms with Crippen molar-refractivity contribution in [2.45, 2.75) is 0 Å². The molecule has 0 spiro atoms. The highest BCUT2D eigenvalue weighted by Gasteiger charge is 2.22. The SMILES string of the molecule is c1ccc(-c2cc3ccccc3c3c2c2cc(N(c4ccccc4)c4ccc5c(c4)sc4ccccc45)ccc2n3-c2ccccc2)cc1. The Hall–Kier alpha value is -6.16. The molecule has 10 rings (SSSR count). The van der Waals surface area contributed by atoms with Gasteiger partial charge in [0.25, 0.3) is 0 Å². The molecule has 0 aliphatic heterocycles. The lowest BCUT2D eigenvalue weighted by Crippen LogP contribution is -2.09. The molecule has 0 N–H and O–H groups in total. The molecule has 0 saturated heterocycles. The number of anilines is 3. The number of thiophene rings is 1. The zero-order valence-corrected chi connectivity index (χ0v) is 27.4. The summed E-state index contributed by atoms with van der Waals surface area (Å²) in [6, 6.07) is 66.2. The van der Waals surface area contributed by atoms with Crippen LogP contribution in [0.2, 0.25) is 0 Å². The highest BCUT2D eigenvalue weighted by atomic mass is 32.1. The maximum Gasteiger partial charge on any atom is 0.0625 e. The van der Waals surface area contributed by atoms with Gasteiger partial charge in [0.15, 0.2) is 0 Å². The molecule has 0 atom stereocenters. The summed E-state index contributed by atoms with van der Waals surface area (Å²) in [5.41, 5.74) is 9.42. The van der Waals surface area contributed by atoms with Crippen LogP contribution in [-0.4, -0.2) is 4.57 Å². The minimum absolute atomic E-state index is 1.12. The van der Waals surface area contributed by atoms with E-state index < -0.39 is 0 Å². The number of fused-ring (bicyclic) bond motifs is 8. The molecule has 0 fully saturated rings. The first-order valence-electron chi connectivity index (χ1n) is 16.7. The van der Waals surface area contributed by atoms with E-state index in [0.717, 1.165) is 22.7 Å². The van der Waals surface area contributed by atoms with Crippen LogP contribution in [0.1, 0.15) is 0 Å². The fourth-order valence-corrected chi connectivity index (χ4v) is 8.72. The summed E-state index contributed by atoms with van der Waals surface area (Å²) in [4.78, 5) is 2.40. The van der Waals surface area contributed by atoms with Crippen molar-refractivity contribution in [1.82, 2.24) is 4.57 Å². The predicted octanol–water partition coefficient (Wildman–Crippen LogP) is 13.4. The standard InChI is InChI=1S/C46H30N2S/c1-4-14-31(15-5-1)40-28-32-16-10-11-21-37(32)46-45(40)41-29-35(25-27-42(41)48(46)34-19-8-3-9-20-34)47(33-17-6-2-7-18-33)36-24-26-39-38-22-12-13-23-43(38)49-44(39)30-36/h1-30H. The first-order valence-corrected chi connectivity index (χ1v) is 17.5. The van der Waals surface area contributed by atoms with Gasteiger partial charge < -0.3 is 9.47 Å². The smallest absolute Gasteiger partial charge is 0.0625 e. The van der Waals surface area contributed by atoms with Gasteiger partial charge in [-0.3, -0.25) is 0 Å². The van der Waals surface area contributed by atoms with Gasteiger partial charge in [-0.15, -0.1) is 11.3 Å². The molecule has 49 heavy (non-hydrogen) atoms. The van der Waals surface area contributed by atoms with Gasteiger partial charge in [0.05, 0.1) is 11.0 Å². The van der Waals surface area contributed by atoms with E-state index in [9.17, 15) is 0 Å². The van der Waals surface area contributed by atoms with Gasteiger partial charge in [-0.1, -0.05) is 115 Å². The second kappa shape index (κ2) is 11.2. The van der Waals surface area contributed by atoms with Crippen molar-refractivity contribution < 1.29 is 0 Å². The average Bonchev–Trinajstić information content (AvgIpc) is 3.71. The normalized spacial score (nSPS) is 11.7. The second-order valence-electron chi connectivity index (χ2n) is 12.6. The molecule has 2 aromatic heterocycles. The van der Waals surface area contributed by atoms with Gasteiger partial charge in [-0.25, -0.2) is 0 Å². The summed E-state index contributed by atoms with van der Waals surface area (Å²) in [6.45, 7) is 0. The van der Waals surface area contributed by atoms with Crippen molar-refractivity contribution in [1.29, 1.82) is 0 Å². The van der Waals surface area contributed by atoms with E-state index in [-0.39, 0.29) is 0 Å². The third kappa shape index (κ3) is 4.47. The van der Waals surface area contributed by atoms with E-state index >= 15 is 0 Å². The Kier molecular flexibility index (Phi) is 6.39. The van der Waals surface area contributed by atoms with E-state index in [4.69, 9.17) is 0 Å². The molecule has 2 heterocycles. The van der Waals surface area contributed by atoms with E-state index in [1.54, 1.807) is 0 Å². The quantitative estimate of drug-likeness (QED) is 0.181. The van der Waals surface area contributed by atoms with Crippen molar-refractivity contribution in [3.8, 4) is 16.8 Å². The molecular formula is C46H30N2S. The van der Waals surface area contributed by atoms with Crippen LogP contribution in [-0.2, 0) is 0 Å². The molecule has 0 aliphatic rings. The van der Waals surface area contributed by atoms with E-state index in [0.29, 0.717) is 0 Å². The minimum atomic E-state index is 1.12. The number of hydrogen-bond acceptors (Lipinski definition) is 2. The van der Waals surface area contributed by atoms with Crippen molar-refractivity contribution in [2.75, 3.05) is 4.90 Å². The first kappa shape index (κ1) is 27.9. The molecule has 8 aromatic carbocycles. The molecule has 0 amide bonds. The zero-order chi connectivity index (χ0) is 32.3. The Morgan fingerprint density at radius 2 is 1.06 bits per heavy atom. The van der Waals surface area contributed by atoms with Crippen molar-refractivity contribution in [2.24, 2.45) is 0 Å². The molecular weight excluding hydrogens is 613 g/mol. The topological polar surface area (TPSA) is 8.17 Å². The van der Waals surface area contributed by atoms with Crippen LogP contribution in [0.15, 0.2) is 182 Å². The van der Waals surface area contributed by atoms with E-state index in [1.165, 1.54) is 63.9 Å². The Morgan fingerprint density at radius 1 is 0.429 bits per heavy atom. The summed E-state index contributed by atoms with van der Waals surface area (Å²) < 4.78 is 5.07. The van der Waals surface area contributed by atoms with Crippen LogP contribution >= 0.6 is 11.3 Å². The average molecular weight is 643 g/mol. The number of benzene rings is 8. The molecule has 0 bridgehead atoms. The highest BCUT2D eigenvalue weighted by molar-refractivity contribution is 7.25. The monoisotopic (exact) mass is 642 g/mol. The van der Waals surface area contributed by atoms with Crippen molar-refractivity contribution in [3.05, 3.63) is 182 Å². The van der Waals surface area contributed by atoms with Gasteiger partial charge in [-0.2, -0.15) is 0 Å². The van der Waals surface area contributed by atoms with Crippen LogP contribution in [0, 0.1) is 0 Å². The van der Waals surface area contributed by atoms with E-state index in [1.807, 2.05) is 11.3 Å². The Labute approximate surface area is 288 Å². The molecule has 3 heteroatoms. The molecule has 0 saturated carbocycles. The maximum absolute atomic E-state index is 2.46. The summed E-state index contributed by atoms with van der Waals surface area (Å²) >= 11 is 1.86. The van der Waals surface area contributed by atoms with E-state index in [2.05, 4.69) is 191 Å². The minimum Gasteiger partial charge on any atom is -0.310 e. The van der Waals surface area contributed by atoms with Gasteiger partial charge in [0, 0.05) is 59.1 Å². The molecule has 10 aromatic rings. The lowest BCUT2D eigenvalue weighted by atomic mass is 9.95. The van der Waals surface area contributed by atoms with Gasteiger partial charge in [0.2, 0.25) is 0 Å². The fourth-order valence-electron chi connectivity index (χ4n) is 7.58. The van der Waals surface area contributed by atoms with Crippen LogP contribution in [0.4, 0.5) is 17.1 Å². The summed E-state index contributed by atoms with van der Waals surface area (Å²) in [5, 5.41) is 7.59. The third-order valence-corrected chi connectivity index (χ3v) is 10.9. The van der Waals surface area contributed by atoms with Crippen LogP contribution in [0.3, 0.4) is 0 Å². The van der Waals surface area contributed by atoms with Gasteiger partial charge in [-0.05, 0) is 83.2 Å². The van der Waals surface area contributed by atoms with Gasteiger partial charge in [0.1, 0.15) is 0 Å². The fraction of sp³-hybridized carbons (Fsp3) is 0. The first-order chi connectivity index (χ1) is 24.3. The van der Waals surface area contributed by atoms with Crippen LogP contribution in [0.25, 0.3) is 69.6 Å². The maximum atomic E-state index is 2.46. The molecule has 2 nitrogen and oxygen atoms in total.